The van der Waals surface area contributed by atoms with Crippen molar-refractivity contribution in [1.29, 1.82) is 0 Å². The van der Waals surface area contributed by atoms with Gasteiger partial charge in [-0.3, -0.25) is 9.89 Å². The van der Waals surface area contributed by atoms with Gasteiger partial charge in [-0.15, -0.1) is 0 Å². The molecule has 0 bridgehead atoms. The Morgan fingerprint density at radius 3 is 2.43 bits per heavy atom. The van der Waals surface area contributed by atoms with Crippen LogP contribution in [-0.4, -0.2) is 62.3 Å². The fourth-order valence-corrected chi connectivity index (χ4v) is 2.67. The summed E-state index contributed by atoms with van der Waals surface area (Å²) in [4.78, 5) is 7.18. The second-order valence-corrected chi connectivity index (χ2v) is 6.98. The van der Waals surface area contributed by atoms with Crippen LogP contribution in [-0.2, 0) is 4.74 Å². The van der Waals surface area contributed by atoms with Crippen LogP contribution in [0.15, 0.2) is 4.99 Å². The Hall–Kier alpha value is -0.810. The van der Waals surface area contributed by atoms with E-state index in [1.165, 1.54) is 12.8 Å². The van der Waals surface area contributed by atoms with Crippen LogP contribution in [0.4, 0.5) is 0 Å². The van der Waals surface area contributed by atoms with E-state index in [0.717, 1.165) is 57.7 Å². The lowest BCUT2D eigenvalue weighted by Gasteiger charge is -2.30. The molecule has 0 aromatic rings. The van der Waals surface area contributed by atoms with Crippen molar-refractivity contribution in [3.63, 3.8) is 0 Å². The van der Waals surface area contributed by atoms with Crippen LogP contribution in [0.1, 0.15) is 53.9 Å². The molecule has 23 heavy (non-hydrogen) atoms. The quantitative estimate of drug-likeness (QED) is 0.329. The van der Waals surface area contributed by atoms with Crippen molar-refractivity contribution in [2.75, 3.05) is 39.4 Å². The Kier molecular flexibility index (Phi) is 10.3. The average molecular weight is 327 g/mol. The second kappa shape index (κ2) is 11.7. The van der Waals surface area contributed by atoms with Gasteiger partial charge < -0.3 is 15.4 Å². The Morgan fingerprint density at radius 2 is 1.87 bits per heavy atom. The van der Waals surface area contributed by atoms with E-state index >= 15 is 0 Å². The second-order valence-electron chi connectivity index (χ2n) is 6.98. The molecule has 0 aromatic heterocycles. The topological polar surface area (TPSA) is 48.9 Å². The maximum atomic E-state index is 5.64. The Bertz CT molecular complexity index is 319. The molecule has 1 aliphatic rings. The lowest BCUT2D eigenvalue weighted by Crippen LogP contribution is -2.40. The van der Waals surface area contributed by atoms with Gasteiger partial charge >= 0.3 is 0 Å². The fourth-order valence-electron chi connectivity index (χ4n) is 2.67. The van der Waals surface area contributed by atoms with Crippen LogP contribution in [0.3, 0.4) is 0 Å². The van der Waals surface area contributed by atoms with Gasteiger partial charge in [0.2, 0.25) is 0 Å². The van der Waals surface area contributed by atoms with Crippen molar-refractivity contribution in [3.05, 3.63) is 0 Å². The van der Waals surface area contributed by atoms with E-state index in [9.17, 15) is 0 Å². The van der Waals surface area contributed by atoms with E-state index in [1.807, 2.05) is 0 Å². The molecule has 0 amide bonds. The first kappa shape index (κ1) is 20.2. The molecule has 0 heterocycles. The summed E-state index contributed by atoms with van der Waals surface area (Å²) in [6, 6.07) is 1.18. The summed E-state index contributed by atoms with van der Waals surface area (Å²) >= 11 is 0. The molecule has 136 valence electrons. The first-order valence-electron chi connectivity index (χ1n) is 9.40. The minimum absolute atomic E-state index is 0.592. The third-order valence-corrected chi connectivity index (χ3v) is 4.10. The van der Waals surface area contributed by atoms with Crippen LogP contribution < -0.4 is 10.6 Å². The van der Waals surface area contributed by atoms with Gasteiger partial charge in [0, 0.05) is 44.9 Å². The van der Waals surface area contributed by atoms with E-state index in [1.54, 1.807) is 0 Å². The molecule has 1 rings (SSSR count). The number of hydrogen-bond acceptors (Lipinski definition) is 3. The highest BCUT2D eigenvalue weighted by atomic mass is 16.5. The monoisotopic (exact) mass is 326 g/mol. The van der Waals surface area contributed by atoms with Crippen LogP contribution in [0.2, 0.25) is 0 Å². The first-order valence-corrected chi connectivity index (χ1v) is 9.40. The number of ether oxygens (including phenoxy) is 1. The number of rotatable bonds is 12. The zero-order valence-corrected chi connectivity index (χ0v) is 15.9. The Labute approximate surface area is 143 Å². The molecule has 0 atom stereocenters. The van der Waals surface area contributed by atoms with Crippen molar-refractivity contribution in [1.82, 2.24) is 15.5 Å². The predicted molar refractivity (Wildman–Crippen MR) is 99.1 cm³/mol. The Morgan fingerprint density at radius 1 is 1.17 bits per heavy atom. The average Bonchev–Trinajstić information content (AvgIpc) is 3.29. The van der Waals surface area contributed by atoms with Crippen LogP contribution in [0.25, 0.3) is 0 Å². The van der Waals surface area contributed by atoms with Gasteiger partial charge in [-0.05, 0) is 59.8 Å². The number of nitrogens with one attached hydrogen (secondary N) is 2. The third-order valence-electron chi connectivity index (χ3n) is 4.10. The lowest BCUT2D eigenvalue weighted by atomic mass is 10.2. The van der Waals surface area contributed by atoms with E-state index in [0.29, 0.717) is 12.1 Å². The maximum Gasteiger partial charge on any atom is 0.191 e. The number of hydrogen-bond donors (Lipinski definition) is 2. The minimum Gasteiger partial charge on any atom is -0.379 e. The summed E-state index contributed by atoms with van der Waals surface area (Å²) in [7, 11) is 0. The van der Waals surface area contributed by atoms with Crippen molar-refractivity contribution in [2.24, 2.45) is 10.9 Å². The summed E-state index contributed by atoms with van der Waals surface area (Å²) in [6.45, 7) is 16.5. The molecule has 0 radical (unpaired) electrons. The highest BCUT2D eigenvalue weighted by Gasteiger charge is 2.20. The van der Waals surface area contributed by atoms with Crippen molar-refractivity contribution in [2.45, 2.75) is 66.0 Å². The van der Waals surface area contributed by atoms with Gasteiger partial charge in [-0.25, -0.2) is 0 Å². The van der Waals surface area contributed by atoms with Crippen molar-refractivity contribution >= 4 is 5.96 Å². The van der Waals surface area contributed by atoms with Gasteiger partial charge in [0.1, 0.15) is 0 Å². The molecule has 0 saturated heterocycles. The summed E-state index contributed by atoms with van der Waals surface area (Å²) in [5.74, 6) is 1.74. The minimum atomic E-state index is 0.592. The van der Waals surface area contributed by atoms with Crippen molar-refractivity contribution < 1.29 is 4.74 Å². The molecule has 1 saturated carbocycles. The van der Waals surface area contributed by atoms with Gasteiger partial charge in [0.25, 0.3) is 0 Å². The molecule has 1 aliphatic carbocycles. The molecule has 0 unspecified atom stereocenters. The normalized spacial score (nSPS) is 15.7. The van der Waals surface area contributed by atoms with Gasteiger partial charge in [-0.2, -0.15) is 0 Å². The molecule has 5 heteroatoms. The lowest BCUT2D eigenvalue weighted by molar-refractivity contribution is 0.129. The van der Waals surface area contributed by atoms with E-state index in [2.05, 4.69) is 55.1 Å². The standard InChI is InChI=1S/C18H38N4O/c1-6-19-18(21-11-13-23-14-17-8-9-17)20-10-7-12-22(15(2)3)16(4)5/h15-17H,6-14H2,1-5H3,(H2,19,20,21). The molecular formula is C18H38N4O. The SMILES string of the molecule is CCNC(=NCCCN(C(C)C)C(C)C)NCCOCC1CC1. The molecule has 0 spiro atoms. The Balaban J connectivity index is 2.18. The van der Waals surface area contributed by atoms with Gasteiger partial charge in [0.05, 0.1) is 6.61 Å². The summed E-state index contributed by atoms with van der Waals surface area (Å²) in [5.41, 5.74) is 0. The van der Waals surface area contributed by atoms with Crippen LogP contribution >= 0.6 is 0 Å². The number of guanidine groups is 1. The first-order chi connectivity index (χ1) is 11.0. The van der Waals surface area contributed by atoms with Crippen LogP contribution in [0.5, 0.6) is 0 Å². The van der Waals surface area contributed by atoms with E-state index < -0.39 is 0 Å². The van der Waals surface area contributed by atoms with Gasteiger partial charge in [-0.1, -0.05) is 0 Å². The molecular weight excluding hydrogens is 288 g/mol. The summed E-state index contributed by atoms with van der Waals surface area (Å²) in [5, 5.41) is 6.65. The largest absolute Gasteiger partial charge is 0.379 e. The molecule has 5 nitrogen and oxygen atoms in total. The molecule has 0 aromatic carbocycles. The highest BCUT2D eigenvalue weighted by Crippen LogP contribution is 2.28. The third kappa shape index (κ3) is 9.82. The molecule has 0 aliphatic heterocycles. The van der Waals surface area contributed by atoms with E-state index in [-0.39, 0.29) is 0 Å². The molecule has 1 fully saturated rings. The van der Waals surface area contributed by atoms with Crippen LogP contribution in [0, 0.1) is 5.92 Å². The van der Waals surface area contributed by atoms with E-state index in [4.69, 9.17) is 4.74 Å². The number of nitrogens with zero attached hydrogens (tertiary/aromatic N) is 2. The van der Waals surface area contributed by atoms with Crippen molar-refractivity contribution in [3.8, 4) is 0 Å². The number of aliphatic imine (C=N–C) groups is 1. The summed E-state index contributed by atoms with van der Waals surface area (Å²) in [6.07, 6.45) is 3.79. The molecule has 2 N–H and O–H groups in total. The zero-order valence-electron chi connectivity index (χ0n) is 15.9. The maximum absolute atomic E-state index is 5.64. The smallest absolute Gasteiger partial charge is 0.191 e. The predicted octanol–water partition coefficient (Wildman–Crippen LogP) is 2.48. The van der Waals surface area contributed by atoms with Gasteiger partial charge in [0.15, 0.2) is 5.96 Å². The highest BCUT2D eigenvalue weighted by molar-refractivity contribution is 5.79. The zero-order chi connectivity index (χ0) is 17.1. The fraction of sp³-hybridized carbons (Fsp3) is 0.944. The summed E-state index contributed by atoms with van der Waals surface area (Å²) < 4.78 is 5.64.